The second-order valence-electron chi connectivity index (χ2n) is 5.60. The van der Waals surface area contributed by atoms with Crippen LogP contribution in [0, 0.1) is 0 Å². The summed E-state index contributed by atoms with van der Waals surface area (Å²) >= 11 is 0. The van der Waals surface area contributed by atoms with Gasteiger partial charge in [-0.15, -0.1) is 0 Å². The van der Waals surface area contributed by atoms with Crippen molar-refractivity contribution in [2.45, 2.75) is 51.5 Å². The summed E-state index contributed by atoms with van der Waals surface area (Å²) < 4.78 is 5.71. The Bertz CT molecular complexity index is 338. The fraction of sp³-hybridized carbons (Fsp3) is 0.647. The van der Waals surface area contributed by atoms with Crippen molar-refractivity contribution in [2.75, 3.05) is 19.7 Å². The van der Waals surface area contributed by atoms with Crippen LogP contribution in [-0.2, 0) is 0 Å². The zero-order valence-electron chi connectivity index (χ0n) is 12.2. The maximum atomic E-state index is 5.71. The van der Waals surface area contributed by atoms with Gasteiger partial charge in [-0.1, -0.05) is 24.6 Å². The molecule has 1 aliphatic rings. The highest BCUT2D eigenvalue weighted by molar-refractivity contribution is 5.20. The number of benzene rings is 1. The molecule has 0 aromatic heterocycles. The Balaban J connectivity index is 1.50. The number of piperidine rings is 1. The van der Waals surface area contributed by atoms with Crippen LogP contribution in [0.5, 0.6) is 5.75 Å². The smallest absolute Gasteiger partial charge is 0.119 e. The van der Waals surface area contributed by atoms with Crippen molar-refractivity contribution in [1.82, 2.24) is 4.90 Å². The fourth-order valence-corrected chi connectivity index (χ4v) is 2.79. The van der Waals surface area contributed by atoms with Crippen molar-refractivity contribution >= 4 is 0 Å². The number of rotatable bonds is 7. The molecule has 1 aromatic rings. The highest BCUT2D eigenvalue weighted by Gasteiger charge is 2.16. The first kappa shape index (κ1) is 14.4. The Morgan fingerprint density at radius 2 is 1.95 bits per heavy atom. The summed E-state index contributed by atoms with van der Waals surface area (Å²) in [6.07, 6.45) is 7.94. The van der Waals surface area contributed by atoms with Gasteiger partial charge in [-0.3, -0.25) is 0 Å². The maximum Gasteiger partial charge on any atom is 0.119 e. The molecule has 0 spiro atoms. The normalized spacial score (nSPS) is 20.4. The maximum absolute atomic E-state index is 5.71. The van der Waals surface area contributed by atoms with Crippen molar-refractivity contribution < 1.29 is 4.74 Å². The summed E-state index contributed by atoms with van der Waals surface area (Å²) in [6, 6.07) is 10.9. The summed E-state index contributed by atoms with van der Waals surface area (Å²) in [5.41, 5.74) is 0. The van der Waals surface area contributed by atoms with E-state index in [1.165, 1.54) is 45.2 Å². The first-order chi connectivity index (χ1) is 9.36. The predicted molar refractivity (Wildman–Crippen MR) is 80.7 cm³/mol. The predicted octanol–water partition coefficient (Wildman–Crippen LogP) is 4.11. The number of unbranched alkanes of at least 4 members (excludes halogenated alkanes) is 2. The van der Waals surface area contributed by atoms with Gasteiger partial charge in [0.1, 0.15) is 5.75 Å². The first-order valence-electron chi connectivity index (χ1n) is 7.78. The molecule has 1 atom stereocenters. The number of hydrogen-bond acceptors (Lipinski definition) is 2. The van der Waals surface area contributed by atoms with Gasteiger partial charge < -0.3 is 9.64 Å². The molecule has 1 aliphatic heterocycles. The van der Waals surface area contributed by atoms with Crippen LogP contribution in [0.2, 0.25) is 0 Å². The molecule has 2 heteroatoms. The summed E-state index contributed by atoms with van der Waals surface area (Å²) in [6.45, 7) is 5.80. The number of para-hydroxylation sites is 1. The van der Waals surface area contributed by atoms with Gasteiger partial charge in [-0.05, 0) is 64.3 Å². The van der Waals surface area contributed by atoms with Gasteiger partial charge in [0.15, 0.2) is 0 Å². The van der Waals surface area contributed by atoms with Crippen LogP contribution in [0.4, 0.5) is 0 Å². The van der Waals surface area contributed by atoms with E-state index in [-0.39, 0.29) is 0 Å². The van der Waals surface area contributed by atoms with Crippen molar-refractivity contribution in [2.24, 2.45) is 0 Å². The summed E-state index contributed by atoms with van der Waals surface area (Å²) in [5, 5.41) is 0. The van der Waals surface area contributed by atoms with Crippen LogP contribution in [0.15, 0.2) is 30.3 Å². The topological polar surface area (TPSA) is 12.5 Å². The lowest BCUT2D eigenvalue weighted by Gasteiger charge is -2.33. The standard InChI is InChI=1S/C17H27NO/c1-16-10-6-8-14-18(16)13-7-3-9-15-19-17-11-4-2-5-12-17/h2,4-5,11-12,16H,3,6-10,13-15H2,1H3. The van der Waals surface area contributed by atoms with E-state index in [1.54, 1.807) is 0 Å². The average Bonchev–Trinajstić information content (AvgIpc) is 2.45. The summed E-state index contributed by atoms with van der Waals surface area (Å²) in [4.78, 5) is 2.65. The highest BCUT2D eigenvalue weighted by atomic mass is 16.5. The van der Waals surface area contributed by atoms with E-state index >= 15 is 0 Å². The van der Waals surface area contributed by atoms with E-state index in [4.69, 9.17) is 4.74 Å². The Morgan fingerprint density at radius 1 is 1.11 bits per heavy atom. The lowest BCUT2D eigenvalue weighted by Crippen LogP contribution is -2.37. The second-order valence-corrected chi connectivity index (χ2v) is 5.60. The molecule has 1 unspecified atom stereocenters. The van der Waals surface area contributed by atoms with Crippen LogP contribution in [0.3, 0.4) is 0 Å². The molecule has 0 N–H and O–H groups in total. The largest absolute Gasteiger partial charge is 0.494 e. The fourth-order valence-electron chi connectivity index (χ4n) is 2.79. The molecule has 106 valence electrons. The summed E-state index contributed by atoms with van der Waals surface area (Å²) in [5.74, 6) is 0.993. The molecule has 0 radical (unpaired) electrons. The van der Waals surface area contributed by atoms with E-state index in [9.17, 15) is 0 Å². The van der Waals surface area contributed by atoms with E-state index in [0.717, 1.165) is 24.8 Å². The monoisotopic (exact) mass is 261 g/mol. The summed E-state index contributed by atoms with van der Waals surface area (Å²) in [7, 11) is 0. The van der Waals surface area contributed by atoms with Gasteiger partial charge >= 0.3 is 0 Å². The third kappa shape index (κ3) is 5.23. The molecule has 0 aliphatic carbocycles. The molecular weight excluding hydrogens is 234 g/mol. The highest BCUT2D eigenvalue weighted by Crippen LogP contribution is 2.17. The van der Waals surface area contributed by atoms with Crippen LogP contribution >= 0.6 is 0 Å². The van der Waals surface area contributed by atoms with Gasteiger partial charge in [0.2, 0.25) is 0 Å². The number of nitrogens with zero attached hydrogens (tertiary/aromatic N) is 1. The minimum Gasteiger partial charge on any atom is -0.494 e. The lowest BCUT2D eigenvalue weighted by molar-refractivity contribution is 0.156. The van der Waals surface area contributed by atoms with E-state index in [1.807, 2.05) is 30.3 Å². The van der Waals surface area contributed by atoms with Crippen LogP contribution in [0.25, 0.3) is 0 Å². The first-order valence-corrected chi connectivity index (χ1v) is 7.78. The van der Waals surface area contributed by atoms with Gasteiger partial charge in [-0.2, -0.15) is 0 Å². The minimum absolute atomic E-state index is 0.800. The zero-order valence-corrected chi connectivity index (χ0v) is 12.2. The molecule has 2 nitrogen and oxygen atoms in total. The Morgan fingerprint density at radius 3 is 2.74 bits per heavy atom. The minimum atomic E-state index is 0.800. The molecule has 0 amide bonds. The van der Waals surface area contributed by atoms with Crippen molar-refractivity contribution in [3.8, 4) is 5.75 Å². The SMILES string of the molecule is CC1CCCCN1CCCCCOc1ccccc1. The Hall–Kier alpha value is -1.02. The van der Waals surface area contributed by atoms with Gasteiger partial charge in [0.25, 0.3) is 0 Å². The van der Waals surface area contributed by atoms with Crippen LogP contribution in [0.1, 0.15) is 45.4 Å². The van der Waals surface area contributed by atoms with Crippen molar-refractivity contribution in [1.29, 1.82) is 0 Å². The van der Waals surface area contributed by atoms with E-state index in [2.05, 4.69) is 11.8 Å². The molecule has 1 heterocycles. The molecular formula is C17H27NO. The van der Waals surface area contributed by atoms with Gasteiger partial charge in [-0.25, -0.2) is 0 Å². The molecule has 0 saturated carbocycles. The zero-order chi connectivity index (χ0) is 13.3. The molecule has 0 bridgehead atoms. The Labute approximate surface area is 117 Å². The van der Waals surface area contributed by atoms with Crippen molar-refractivity contribution in [3.63, 3.8) is 0 Å². The van der Waals surface area contributed by atoms with Crippen LogP contribution < -0.4 is 4.74 Å². The van der Waals surface area contributed by atoms with Gasteiger partial charge in [0.05, 0.1) is 6.61 Å². The second kappa shape index (κ2) is 8.21. The third-order valence-electron chi connectivity index (χ3n) is 4.04. The van der Waals surface area contributed by atoms with Crippen LogP contribution in [-0.4, -0.2) is 30.6 Å². The number of ether oxygens (including phenoxy) is 1. The lowest BCUT2D eigenvalue weighted by atomic mass is 10.0. The number of likely N-dealkylation sites (tertiary alicyclic amines) is 1. The van der Waals surface area contributed by atoms with E-state index in [0.29, 0.717) is 0 Å². The average molecular weight is 261 g/mol. The Kier molecular flexibility index (Phi) is 6.22. The quantitative estimate of drug-likeness (QED) is 0.685. The number of hydrogen-bond donors (Lipinski definition) is 0. The molecule has 2 rings (SSSR count). The van der Waals surface area contributed by atoms with Crippen molar-refractivity contribution in [3.05, 3.63) is 30.3 Å². The molecule has 1 saturated heterocycles. The van der Waals surface area contributed by atoms with Gasteiger partial charge in [0, 0.05) is 6.04 Å². The third-order valence-corrected chi connectivity index (χ3v) is 4.04. The van der Waals surface area contributed by atoms with E-state index < -0.39 is 0 Å². The molecule has 1 aromatic carbocycles. The molecule has 19 heavy (non-hydrogen) atoms. The molecule has 1 fully saturated rings.